The van der Waals surface area contributed by atoms with Crippen molar-refractivity contribution < 1.29 is 14.3 Å². The lowest BCUT2D eigenvalue weighted by molar-refractivity contribution is -0.116. The molecule has 7 heteroatoms. The Hall–Kier alpha value is -3.32. The molecule has 6 nitrogen and oxygen atoms in total. The molecule has 0 aliphatic carbocycles. The molecule has 2 aromatic carbocycles. The molecule has 1 heterocycles. The first-order valence-electron chi connectivity index (χ1n) is 10.2. The van der Waals surface area contributed by atoms with Crippen molar-refractivity contribution in [1.82, 2.24) is 9.55 Å². The van der Waals surface area contributed by atoms with E-state index in [9.17, 15) is 19.1 Å². The smallest absolute Gasteiger partial charge is 0.257 e. The molecule has 0 atom stereocenters. The van der Waals surface area contributed by atoms with Crippen LogP contribution in [-0.2, 0) is 17.8 Å². The number of aryl methyl sites for hydroxylation is 1. The van der Waals surface area contributed by atoms with E-state index in [2.05, 4.69) is 10.3 Å². The average Bonchev–Trinajstić information content (AvgIpc) is 2.74. The SMILES string of the molecule is Cc1nc(-c2ccc(F)cc2)n(CC(=O)Nc2ccccc2C(C)C)c(=O)c1CCO. The van der Waals surface area contributed by atoms with Gasteiger partial charge in [-0.1, -0.05) is 32.0 Å². The second-order valence-electron chi connectivity index (χ2n) is 7.66. The number of hydrogen-bond acceptors (Lipinski definition) is 4. The maximum absolute atomic E-state index is 13.4. The molecule has 2 N–H and O–H groups in total. The summed E-state index contributed by atoms with van der Waals surface area (Å²) in [6.45, 7) is 5.29. The van der Waals surface area contributed by atoms with Gasteiger partial charge in [-0.2, -0.15) is 0 Å². The number of aromatic nitrogens is 2. The van der Waals surface area contributed by atoms with Gasteiger partial charge >= 0.3 is 0 Å². The maximum atomic E-state index is 13.4. The number of aliphatic hydroxyl groups is 1. The Labute approximate surface area is 180 Å². The number of carbonyl (C=O) groups excluding carboxylic acids is 1. The quantitative estimate of drug-likeness (QED) is 0.608. The van der Waals surface area contributed by atoms with Gasteiger partial charge in [-0.05, 0) is 48.7 Å². The Kier molecular flexibility index (Phi) is 6.97. The minimum atomic E-state index is -0.408. The van der Waals surface area contributed by atoms with Crippen LogP contribution >= 0.6 is 0 Å². The van der Waals surface area contributed by atoms with Gasteiger partial charge < -0.3 is 10.4 Å². The summed E-state index contributed by atoms with van der Waals surface area (Å²) in [7, 11) is 0. The fourth-order valence-corrected chi connectivity index (χ4v) is 3.51. The van der Waals surface area contributed by atoms with Crippen LogP contribution in [0.2, 0.25) is 0 Å². The van der Waals surface area contributed by atoms with Gasteiger partial charge in [-0.3, -0.25) is 14.2 Å². The minimum Gasteiger partial charge on any atom is -0.396 e. The normalized spacial score (nSPS) is 11.0. The fourth-order valence-electron chi connectivity index (χ4n) is 3.51. The summed E-state index contributed by atoms with van der Waals surface area (Å²) < 4.78 is 14.7. The highest BCUT2D eigenvalue weighted by Gasteiger charge is 2.18. The first-order valence-corrected chi connectivity index (χ1v) is 10.2. The van der Waals surface area contributed by atoms with Crippen molar-refractivity contribution in [3.05, 3.63) is 81.5 Å². The van der Waals surface area contributed by atoms with E-state index in [4.69, 9.17) is 0 Å². The molecule has 3 rings (SSSR count). The summed E-state index contributed by atoms with van der Waals surface area (Å²) in [5.41, 5.74) is 2.63. The van der Waals surface area contributed by atoms with Gasteiger partial charge in [0.2, 0.25) is 5.91 Å². The van der Waals surface area contributed by atoms with Crippen molar-refractivity contribution in [3.8, 4) is 11.4 Å². The minimum absolute atomic E-state index is 0.138. The molecule has 0 bridgehead atoms. The highest BCUT2D eigenvalue weighted by atomic mass is 19.1. The van der Waals surface area contributed by atoms with Crippen LogP contribution in [0.5, 0.6) is 0 Å². The number of amides is 1. The fraction of sp³-hybridized carbons (Fsp3) is 0.292. The molecule has 0 aliphatic heterocycles. The molecule has 162 valence electrons. The lowest BCUT2D eigenvalue weighted by Gasteiger charge is -2.17. The first kappa shape index (κ1) is 22.4. The van der Waals surface area contributed by atoms with Gasteiger partial charge in [0.1, 0.15) is 18.2 Å². The van der Waals surface area contributed by atoms with Crippen molar-refractivity contribution in [3.63, 3.8) is 0 Å². The molecule has 0 saturated heterocycles. The highest BCUT2D eigenvalue weighted by Crippen LogP contribution is 2.24. The average molecular weight is 423 g/mol. The van der Waals surface area contributed by atoms with Gasteiger partial charge in [0.05, 0.1) is 0 Å². The number of anilines is 1. The molecule has 0 radical (unpaired) electrons. The third kappa shape index (κ3) is 5.06. The van der Waals surface area contributed by atoms with E-state index in [0.717, 1.165) is 5.56 Å². The Morgan fingerprint density at radius 3 is 2.48 bits per heavy atom. The summed E-state index contributed by atoms with van der Waals surface area (Å²) in [5.74, 6) is -0.295. The van der Waals surface area contributed by atoms with E-state index in [1.54, 1.807) is 6.92 Å². The van der Waals surface area contributed by atoms with Gasteiger partial charge in [-0.15, -0.1) is 0 Å². The van der Waals surface area contributed by atoms with Crippen molar-refractivity contribution in [2.75, 3.05) is 11.9 Å². The number of nitrogens with one attached hydrogen (secondary N) is 1. The highest BCUT2D eigenvalue weighted by molar-refractivity contribution is 5.91. The van der Waals surface area contributed by atoms with Crippen LogP contribution in [0.25, 0.3) is 11.4 Å². The Balaban J connectivity index is 2.02. The van der Waals surface area contributed by atoms with Crippen molar-refractivity contribution in [1.29, 1.82) is 0 Å². The van der Waals surface area contributed by atoms with Crippen molar-refractivity contribution in [2.24, 2.45) is 0 Å². The van der Waals surface area contributed by atoms with E-state index in [-0.39, 0.29) is 37.2 Å². The number of nitrogens with zero attached hydrogens (tertiary/aromatic N) is 2. The Morgan fingerprint density at radius 1 is 1.16 bits per heavy atom. The lowest BCUT2D eigenvalue weighted by atomic mass is 10.0. The van der Waals surface area contributed by atoms with Crippen LogP contribution in [0.3, 0.4) is 0 Å². The number of carbonyl (C=O) groups is 1. The van der Waals surface area contributed by atoms with E-state index in [1.165, 1.54) is 28.8 Å². The lowest BCUT2D eigenvalue weighted by Crippen LogP contribution is -2.33. The van der Waals surface area contributed by atoms with Gasteiger partial charge in [0, 0.05) is 35.5 Å². The number of benzene rings is 2. The molecule has 1 amide bonds. The van der Waals surface area contributed by atoms with Gasteiger partial charge in [0.25, 0.3) is 5.56 Å². The number of hydrogen-bond donors (Lipinski definition) is 2. The van der Waals surface area contributed by atoms with Crippen LogP contribution in [0, 0.1) is 12.7 Å². The summed E-state index contributed by atoms with van der Waals surface area (Å²) in [6.07, 6.45) is 0.138. The molecular formula is C24H26FN3O3. The molecular weight excluding hydrogens is 397 g/mol. The standard InChI is InChI=1S/C24H26FN3O3/c1-15(2)19-6-4-5-7-21(19)27-22(30)14-28-23(17-8-10-18(25)11-9-17)26-16(3)20(12-13-29)24(28)31/h4-11,15,29H,12-14H2,1-3H3,(H,27,30). The third-order valence-electron chi connectivity index (χ3n) is 5.09. The number of aliphatic hydroxyl groups excluding tert-OH is 1. The summed E-state index contributed by atoms with van der Waals surface area (Å²) in [6, 6.07) is 13.1. The second-order valence-corrected chi connectivity index (χ2v) is 7.66. The summed E-state index contributed by atoms with van der Waals surface area (Å²) >= 11 is 0. The molecule has 1 aromatic heterocycles. The zero-order valence-electron chi connectivity index (χ0n) is 17.9. The topological polar surface area (TPSA) is 84.2 Å². The van der Waals surface area contributed by atoms with Gasteiger partial charge in [0.15, 0.2) is 0 Å². The maximum Gasteiger partial charge on any atom is 0.257 e. The van der Waals surface area contributed by atoms with Crippen LogP contribution in [0.15, 0.2) is 53.3 Å². The Bertz CT molecular complexity index is 1140. The summed E-state index contributed by atoms with van der Waals surface area (Å²) in [4.78, 5) is 30.6. The largest absolute Gasteiger partial charge is 0.396 e. The molecule has 3 aromatic rings. The third-order valence-corrected chi connectivity index (χ3v) is 5.09. The zero-order chi connectivity index (χ0) is 22.5. The van der Waals surface area contributed by atoms with Crippen LogP contribution in [0.4, 0.5) is 10.1 Å². The van der Waals surface area contributed by atoms with E-state index < -0.39 is 11.4 Å². The molecule has 31 heavy (non-hydrogen) atoms. The molecule has 0 fully saturated rings. The second kappa shape index (κ2) is 9.66. The number of rotatable bonds is 7. The molecule has 0 aliphatic rings. The first-order chi connectivity index (χ1) is 14.8. The number of para-hydroxylation sites is 1. The van der Waals surface area contributed by atoms with Crippen molar-refractivity contribution >= 4 is 11.6 Å². The monoisotopic (exact) mass is 423 g/mol. The predicted molar refractivity (Wildman–Crippen MR) is 119 cm³/mol. The van der Waals surface area contributed by atoms with Crippen LogP contribution in [-0.4, -0.2) is 27.2 Å². The predicted octanol–water partition coefficient (Wildman–Crippen LogP) is 3.65. The van der Waals surface area contributed by atoms with Crippen molar-refractivity contribution in [2.45, 2.75) is 39.7 Å². The molecule has 0 unspecified atom stereocenters. The van der Waals surface area contributed by atoms with Crippen LogP contribution < -0.4 is 10.9 Å². The van der Waals surface area contributed by atoms with E-state index >= 15 is 0 Å². The molecule has 0 spiro atoms. The van der Waals surface area contributed by atoms with E-state index in [0.29, 0.717) is 22.5 Å². The molecule has 0 saturated carbocycles. The Morgan fingerprint density at radius 2 is 1.84 bits per heavy atom. The van der Waals surface area contributed by atoms with Crippen LogP contribution in [0.1, 0.15) is 36.6 Å². The summed E-state index contributed by atoms with van der Waals surface area (Å²) in [5, 5.41) is 12.2. The number of halogens is 1. The van der Waals surface area contributed by atoms with E-state index in [1.807, 2.05) is 38.1 Å². The zero-order valence-corrected chi connectivity index (χ0v) is 17.9. The van der Waals surface area contributed by atoms with Gasteiger partial charge in [-0.25, -0.2) is 9.37 Å².